The largest absolute Gasteiger partial charge is 0.484 e. The van der Waals surface area contributed by atoms with E-state index in [-0.39, 0.29) is 24.3 Å². The predicted octanol–water partition coefficient (Wildman–Crippen LogP) is 3.30. The third-order valence-electron chi connectivity index (χ3n) is 4.05. The van der Waals surface area contributed by atoms with Gasteiger partial charge in [-0.05, 0) is 54.4 Å². The van der Waals surface area contributed by atoms with Crippen molar-refractivity contribution in [3.05, 3.63) is 89.9 Å². The van der Waals surface area contributed by atoms with Crippen LogP contribution in [-0.4, -0.2) is 24.6 Å². The molecule has 29 heavy (non-hydrogen) atoms. The zero-order chi connectivity index (χ0) is 20.5. The zero-order valence-electron chi connectivity index (χ0n) is 15.9. The van der Waals surface area contributed by atoms with Crippen LogP contribution < -0.4 is 15.5 Å². The molecule has 3 rings (SSSR count). The summed E-state index contributed by atoms with van der Waals surface area (Å²) >= 11 is 0. The number of amides is 2. The molecule has 2 aromatic carbocycles. The third-order valence-corrected chi connectivity index (χ3v) is 4.05. The highest BCUT2D eigenvalue weighted by molar-refractivity contribution is 5.92. The minimum atomic E-state index is -0.429. The Morgan fingerprint density at radius 1 is 1.07 bits per heavy atom. The van der Waals surface area contributed by atoms with Gasteiger partial charge >= 0.3 is 5.91 Å². The smallest absolute Gasteiger partial charge is 0.307 e. The lowest BCUT2D eigenvalue weighted by Crippen LogP contribution is -2.31. The summed E-state index contributed by atoms with van der Waals surface area (Å²) in [5, 5.41) is 6.77. The Hall–Kier alpha value is -3.87. The number of hydrazone groups is 1. The van der Waals surface area contributed by atoms with Crippen LogP contribution in [0.2, 0.25) is 0 Å². The minimum absolute atomic E-state index is 0.0795. The number of hydrogen-bond acceptors (Lipinski definition) is 5. The maximum Gasteiger partial charge on any atom is 0.307 e. The zero-order valence-corrected chi connectivity index (χ0v) is 15.9. The van der Waals surface area contributed by atoms with Gasteiger partial charge in [-0.2, -0.15) is 5.10 Å². The number of furan rings is 1. The summed E-state index contributed by atoms with van der Waals surface area (Å²) in [5.41, 5.74) is 4.17. The average molecular weight is 391 g/mol. The SMILES string of the molecule is C[C@H](NC(=O)COc1ccc(/C=N/NC(=O)c2ccco2)cc1)c1ccccc1. The van der Waals surface area contributed by atoms with Crippen LogP contribution in [0.5, 0.6) is 5.75 Å². The number of rotatable bonds is 8. The first-order valence-electron chi connectivity index (χ1n) is 9.06. The molecule has 3 aromatic rings. The molecule has 0 unspecified atom stereocenters. The highest BCUT2D eigenvalue weighted by atomic mass is 16.5. The van der Waals surface area contributed by atoms with Gasteiger partial charge < -0.3 is 14.5 Å². The monoisotopic (exact) mass is 391 g/mol. The number of nitrogens with zero attached hydrogens (tertiary/aromatic N) is 1. The molecule has 0 aliphatic carbocycles. The molecule has 0 bridgehead atoms. The molecule has 1 aromatic heterocycles. The van der Waals surface area contributed by atoms with E-state index in [1.165, 1.54) is 12.5 Å². The minimum Gasteiger partial charge on any atom is -0.484 e. The molecule has 2 amide bonds. The van der Waals surface area contributed by atoms with Gasteiger partial charge in [-0.25, -0.2) is 5.43 Å². The van der Waals surface area contributed by atoms with Crippen LogP contribution in [-0.2, 0) is 4.79 Å². The van der Waals surface area contributed by atoms with Crippen LogP contribution in [0.15, 0.2) is 82.5 Å². The van der Waals surface area contributed by atoms with Crippen LogP contribution >= 0.6 is 0 Å². The van der Waals surface area contributed by atoms with Crippen LogP contribution in [0.4, 0.5) is 0 Å². The Bertz CT molecular complexity index is 951. The van der Waals surface area contributed by atoms with Gasteiger partial charge in [-0.3, -0.25) is 9.59 Å². The molecule has 0 aliphatic rings. The number of carbonyl (C=O) groups excluding carboxylic acids is 2. The standard InChI is InChI=1S/C22H21N3O4/c1-16(18-6-3-2-4-7-18)24-21(26)15-29-19-11-9-17(10-12-19)14-23-25-22(27)20-8-5-13-28-20/h2-14,16H,15H2,1H3,(H,24,26)(H,25,27)/b23-14+/t16-/m0/s1. The Morgan fingerprint density at radius 3 is 2.52 bits per heavy atom. The van der Waals surface area contributed by atoms with Gasteiger partial charge in [-0.15, -0.1) is 0 Å². The molecule has 0 fully saturated rings. The fourth-order valence-corrected chi connectivity index (χ4v) is 2.54. The molecule has 0 aliphatic heterocycles. The van der Waals surface area contributed by atoms with Crippen molar-refractivity contribution in [1.29, 1.82) is 0 Å². The quantitative estimate of drug-likeness (QED) is 0.455. The molecule has 0 saturated heterocycles. The number of hydrogen-bond donors (Lipinski definition) is 2. The second-order valence-corrected chi connectivity index (χ2v) is 6.23. The molecular weight excluding hydrogens is 370 g/mol. The summed E-state index contributed by atoms with van der Waals surface area (Å²) in [7, 11) is 0. The molecule has 2 N–H and O–H groups in total. The van der Waals surface area contributed by atoms with Gasteiger partial charge in [0.15, 0.2) is 12.4 Å². The van der Waals surface area contributed by atoms with Crippen molar-refractivity contribution < 1.29 is 18.7 Å². The summed E-state index contributed by atoms with van der Waals surface area (Å²) in [5.74, 6) is 0.115. The molecule has 7 nitrogen and oxygen atoms in total. The number of benzene rings is 2. The van der Waals surface area contributed by atoms with E-state index in [0.29, 0.717) is 5.75 Å². The van der Waals surface area contributed by atoms with E-state index in [0.717, 1.165) is 11.1 Å². The van der Waals surface area contributed by atoms with E-state index in [9.17, 15) is 9.59 Å². The van der Waals surface area contributed by atoms with E-state index in [1.54, 1.807) is 36.4 Å². The third kappa shape index (κ3) is 6.07. The molecular formula is C22H21N3O4. The molecule has 0 radical (unpaired) electrons. The van der Waals surface area contributed by atoms with Gasteiger partial charge in [0.25, 0.3) is 5.91 Å². The van der Waals surface area contributed by atoms with Crippen LogP contribution in [0, 0.1) is 0 Å². The van der Waals surface area contributed by atoms with E-state index in [2.05, 4.69) is 15.8 Å². The lowest BCUT2D eigenvalue weighted by atomic mass is 10.1. The summed E-state index contributed by atoms with van der Waals surface area (Å²) in [6, 6.07) is 19.8. The van der Waals surface area contributed by atoms with Gasteiger partial charge in [-0.1, -0.05) is 30.3 Å². The molecule has 0 spiro atoms. The number of ether oxygens (including phenoxy) is 1. The summed E-state index contributed by atoms with van der Waals surface area (Å²) < 4.78 is 10.5. The normalized spacial score (nSPS) is 11.8. The van der Waals surface area contributed by atoms with Crippen molar-refractivity contribution in [1.82, 2.24) is 10.7 Å². The Labute approximate surface area is 168 Å². The second kappa shape index (κ2) is 9.89. The van der Waals surface area contributed by atoms with Crippen LogP contribution in [0.1, 0.15) is 34.6 Å². The Kier molecular flexibility index (Phi) is 6.78. The van der Waals surface area contributed by atoms with Crippen LogP contribution in [0.25, 0.3) is 0 Å². The number of carbonyl (C=O) groups is 2. The van der Waals surface area contributed by atoms with E-state index in [1.807, 2.05) is 37.3 Å². The molecule has 7 heteroatoms. The first-order valence-corrected chi connectivity index (χ1v) is 9.06. The van der Waals surface area contributed by atoms with Crippen molar-refractivity contribution in [2.24, 2.45) is 5.10 Å². The summed E-state index contributed by atoms with van der Waals surface area (Å²) in [6.07, 6.45) is 2.92. The first-order chi connectivity index (χ1) is 14.1. The maximum absolute atomic E-state index is 12.1. The maximum atomic E-state index is 12.1. The first kappa shape index (κ1) is 19.9. The van der Waals surface area contributed by atoms with Crippen molar-refractivity contribution in [3.63, 3.8) is 0 Å². The van der Waals surface area contributed by atoms with Gasteiger partial charge in [0.05, 0.1) is 18.5 Å². The molecule has 1 atom stereocenters. The predicted molar refractivity (Wildman–Crippen MR) is 109 cm³/mol. The van der Waals surface area contributed by atoms with Gasteiger partial charge in [0, 0.05) is 0 Å². The number of nitrogens with one attached hydrogen (secondary N) is 2. The summed E-state index contributed by atoms with van der Waals surface area (Å²) in [4.78, 5) is 23.8. The molecule has 1 heterocycles. The van der Waals surface area contributed by atoms with Crippen molar-refractivity contribution in [2.75, 3.05) is 6.61 Å². The van der Waals surface area contributed by atoms with Gasteiger partial charge in [0.2, 0.25) is 0 Å². The second-order valence-electron chi connectivity index (χ2n) is 6.23. The van der Waals surface area contributed by atoms with Crippen LogP contribution in [0.3, 0.4) is 0 Å². The van der Waals surface area contributed by atoms with Crippen molar-refractivity contribution >= 4 is 18.0 Å². The van der Waals surface area contributed by atoms with Crippen molar-refractivity contribution in [3.8, 4) is 5.75 Å². The Balaban J connectivity index is 1.43. The van der Waals surface area contributed by atoms with E-state index in [4.69, 9.17) is 9.15 Å². The fraction of sp³-hybridized carbons (Fsp3) is 0.136. The van der Waals surface area contributed by atoms with Crippen molar-refractivity contribution in [2.45, 2.75) is 13.0 Å². The summed E-state index contributed by atoms with van der Waals surface area (Å²) in [6.45, 7) is 1.84. The average Bonchev–Trinajstić information content (AvgIpc) is 3.29. The lowest BCUT2D eigenvalue weighted by molar-refractivity contribution is -0.123. The topological polar surface area (TPSA) is 92.9 Å². The van der Waals surface area contributed by atoms with E-state index >= 15 is 0 Å². The molecule has 0 saturated carbocycles. The molecule has 148 valence electrons. The van der Waals surface area contributed by atoms with E-state index < -0.39 is 5.91 Å². The highest BCUT2D eigenvalue weighted by Gasteiger charge is 2.10. The Morgan fingerprint density at radius 2 is 1.83 bits per heavy atom. The fourth-order valence-electron chi connectivity index (χ4n) is 2.54. The van der Waals surface area contributed by atoms with Gasteiger partial charge in [0.1, 0.15) is 5.75 Å². The lowest BCUT2D eigenvalue weighted by Gasteiger charge is -2.14. The highest BCUT2D eigenvalue weighted by Crippen LogP contribution is 2.13.